The van der Waals surface area contributed by atoms with Crippen LogP contribution in [0, 0.1) is 5.92 Å². The average molecular weight is 281 g/mol. The van der Waals surface area contributed by atoms with Crippen LogP contribution in [0.2, 0.25) is 0 Å². The fraction of sp³-hybridized carbons (Fsp3) is 0.938. The monoisotopic (exact) mass is 281 g/mol. The summed E-state index contributed by atoms with van der Waals surface area (Å²) in [6.07, 6.45) is 7.22. The Kier molecular flexibility index (Phi) is 5.85. The minimum atomic E-state index is 0.297. The molecule has 20 heavy (non-hydrogen) atoms. The van der Waals surface area contributed by atoms with Gasteiger partial charge < -0.3 is 10.2 Å². The molecule has 1 heterocycles. The van der Waals surface area contributed by atoms with Crippen LogP contribution in [-0.4, -0.2) is 61.5 Å². The van der Waals surface area contributed by atoms with Crippen LogP contribution in [0.3, 0.4) is 0 Å². The van der Waals surface area contributed by atoms with Crippen molar-refractivity contribution in [1.29, 1.82) is 0 Å². The lowest BCUT2D eigenvalue weighted by molar-refractivity contribution is -0.134. The zero-order valence-electron chi connectivity index (χ0n) is 13.4. The van der Waals surface area contributed by atoms with Gasteiger partial charge in [0.15, 0.2) is 0 Å². The van der Waals surface area contributed by atoms with Crippen LogP contribution < -0.4 is 5.32 Å². The first kappa shape index (κ1) is 15.8. The van der Waals surface area contributed by atoms with Crippen molar-refractivity contribution in [2.75, 3.05) is 33.7 Å². The lowest BCUT2D eigenvalue weighted by atomic mass is 9.87. The minimum absolute atomic E-state index is 0.297. The molecule has 116 valence electrons. The topological polar surface area (TPSA) is 35.6 Å². The van der Waals surface area contributed by atoms with Crippen LogP contribution in [0.15, 0.2) is 0 Å². The molecular formula is C16H31N3O. The summed E-state index contributed by atoms with van der Waals surface area (Å²) in [5.74, 6) is 1.14. The maximum atomic E-state index is 12.4. The summed E-state index contributed by atoms with van der Waals surface area (Å²) >= 11 is 0. The number of rotatable bonds is 4. The number of hydrogen-bond donors (Lipinski definition) is 1. The van der Waals surface area contributed by atoms with Gasteiger partial charge in [-0.2, -0.15) is 0 Å². The van der Waals surface area contributed by atoms with Gasteiger partial charge in [-0.25, -0.2) is 0 Å². The zero-order valence-corrected chi connectivity index (χ0v) is 13.4. The van der Waals surface area contributed by atoms with Gasteiger partial charge in [0.05, 0.1) is 6.54 Å². The van der Waals surface area contributed by atoms with Crippen molar-refractivity contribution in [3.05, 3.63) is 0 Å². The van der Waals surface area contributed by atoms with Crippen LogP contribution in [0.25, 0.3) is 0 Å². The van der Waals surface area contributed by atoms with E-state index < -0.39 is 0 Å². The number of likely N-dealkylation sites (N-methyl/N-ethyl adjacent to an activating group) is 2. The molecule has 0 aromatic rings. The maximum Gasteiger partial charge on any atom is 0.236 e. The van der Waals surface area contributed by atoms with Crippen LogP contribution in [0.4, 0.5) is 0 Å². The number of piperidine rings is 1. The van der Waals surface area contributed by atoms with Gasteiger partial charge in [0.2, 0.25) is 5.91 Å². The van der Waals surface area contributed by atoms with Gasteiger partial charge in [-0.3, -0.25) is 9.69 Å². The van der Waals surface area contributed by atoms with Crippen molar-refractivity contribution in [2.45, 2.75) is 57.5 Å². The quantitative estimate of drug-likeness (QED) is 0.852. The smallest absolute Gasteiger partial charge is 0.236 e. The van der Waals surface area contributed by atoms with Crippen LogP contribution in [-0.2, 0) is 4.79 Å². The number of amides is 1. The number of hydrogen-bond acceptors (Lipinski definition) is 3. The van der Waals surface area contributed by atoms with Crippen molar-refractivity contribution in [2.24, 2.45) is 5.92 Å². The van der Waals surface area contributed by atoms with E-state index in [4.69, 9.17) is 0 Å². The van der Waals surface area contributed by atoms with E-state index in [1.165, 1.54) is 25.7 Å². The van der Waals surface area contributed by atoms with Crippen molar-refractivity contribution in [1.82, 2.24) is 15.1 Å². The van der Waals surface area contributed by atoms with Gasteiger partial charge in [0, 0.05) is 19.1 Å². The molecule has 2 aliphatic rings. The highest BCUT2D eigenvalue weighted by Gasteiger charge is 2.26. The Bertz CT molecular complexity index is 307. The molecule has 1 N–H and O–H groups in total. The zero-order chi connectivity index (χ0) is 14.5. The molecule has 1 aliphatic carbocycles. The number of carbonyl (C=O) groups is 1. The molecule has 4 nitrogen and oxygen atoms in total. The molecular weight excluding hydrogens is 250 g/mol. The lowest BCUT2D eigenvalue weighted by Crippen LogP contribution is -2.48. The fourth-order valence-electron chi connectivity index (χ4n) is 3.53. The first-order chi connectivity index (χ1) is 9.58. The molecule has 1 aliphatic heterocycles. The summed E-state index contributed by atoms with van der Waals surface area (Å²) in [5, 5.41) is 3.38. The third-order valence-electron chi connectivity index (χ3n) is 5.24. The predicted molar refractivity (Wildman–Crippen MR) is 82.7 cm³/mol. The van der Waals surface area contributed by atoms with E-state index in [-0.39, 0.29) is 0 Å². The van der Waals surface area contributed by atoms with E-state index in [0.29, 0.717) is 24.5 Å². The molecule has 1 saturated heterocycles. The first-order valence-electron chi connectivity index (χ1n) is 8.24. The average Bonchev–Trinajstić information content (AvgIpc) is 2.48. The molecule has 4 heteroatoms. The van der Waals surface area contributed by atoms with Gasteiger partial charge in [0.1, 0.15) is 0 Å². The molecule has 1 amide bonds. The SMILES string of the molecule is CC1CCC(N(C)C(=O)CN(C)C2CCNCC2)CC1. The van der Waals surface area contributed by atoms with Crippen LogP contribution >= 0.6 is 0 Å². The molecule has 2 fully saturated rings. The Morgan fingerprint density at radius 1 is 1.00 bits per heavy atom. The third kappa shape index (κ3) is 4.19. The van der Waals surface area contributed by atoms with Crippen molar-refractivity contribution >= 4 is 5.91 Å². The molecule has 0 bridgehead atoms. The van der Waals surface area contributed by atoms with E-state index in [0.717, 1.165) is 31.8 Å². The van der Waals surface area contributed by atoms with E-state index in [1.807, 2.05) is 11.9 Å². The van der Waals surface area contributed by atoms with Gasteiger partial charge in [-0.1, -0.05) is 6.92 Å². The maximum absolute atomic E-state index is 12.4. The molecule has 0 aromatic heterocycles. The van der Waals surface area contributed by atoms with Gasteiger partial charge >= 0.3 is 0 Å². The molecule has 0 unspecified atom stereocenters. The second kappa shape index (κ2) is 7.41. The molecule has 1 saturated carbocycles. The van der Waals surface area contributed by atoms with Crippen molar-refractivity contribution in [3.63, 3.8) is 0 Å². The predicted octanol–water partition coefficient (Wildman–Crippen LogP) is 1.71. The van der Waals surface area contributed by atoms with Crippen molar-refractivity contribution < 1.29 is 4.79 Å². The normalized spacial score (nSPS) is 28.6. The minimum Gasteiger partial charge on any atom is -0.342 e. The summed E-state index contributed by atoms with van der Waals surface area (Å²) in [4.78, 5) is 16.7. The molecule has 0 spiro atoms. The van der Waals surface area contributed by atoms with Crippen LogP contribution in [0.5, 0.6) is 0 Å². The van der Waals surface area contributed by atoms with Gasteiger partial charge in [0.25, 0.3) is 0 Å². The summed E-state index contributed by atoms with van der Waals surface area (Å²) in [6, 6.07) is 1.04. The standard InChI is InChI=1S/C16H31N3O/c1-13-4-6-15(7-5-13)19(3)16(20)12-18(2)14-8-10-17-11-9-14/h13-15,17H,4-12H2,1-3H3. The van der Waals surface area contributed by atoms with E-state index in [2.05, 4.69) is 24.2 Å². The van der Waals surface area contributed by atoms with E-state index in [1.54, 1.807) is 0 Å². The highest BCUT2D eigenvalue weighted by Crippen LogP contribution is 2.26. The largest absolute Gasteiger partial charge is 0.342 e. The van der Waals surface area contributed by atoms with Crippen molar-refractivity contribution in [3.8, 4) is 0 Å². The number of carbonyl (C=O) groups excluding carboxylic acids is 1. The number of nitrogens with one attached hydrogen (secondary N) is 1. The second-order valence-corrected chi connectivity index (χ2v) is 6.81. The third-order valence-corrected chi connectivity index (χ3v) is 5.24. The Morgan fingerprint density at radius 2 is 1.60 bits per heavy atom. The van der Waals surface area contributed by atoms with E-state index >= 15 is 0 Å². The Labute approximate surface area is 123 Å². The second-order valence-electron chi connectivity index (χ2n) is 6.81. The summed E-state index contributed by atoms with van der Waals surface area (Å²) in [7, 11) is 4.10. The molecule has 0 radical (unpaired) electrons. The van der Waals surface area contributed by atoms with Crippen LogP contribution in [0.1, 0.15) is 45.4 Å². The summed E-state index contributed by atoms with van der Waals surface area (Å²) in [5.41, 5.74) is 0. The summed E-state index contributed by atoms with van der Waals surface area (Å²) < 4.78 is 0. The molecule has 2 rings (SSSR count). The highest BCUT2D eigenvalue weighted by atomic mass is 16.2. The fourth-order valence-corrected chi connectivity index (χ4v) is 3.53. The first-order valence-corrected chi connectivity index (χ1v) is 8.24. The lowest BCUT2D eigenvalue weighted by Gasteiger charge is -2.36. The van der Waals surface area contributed by atoms with E-state index in [9.17, 15) is 4.79 Å². The number of nitrogens with zero attached hydrogens (tertiary/aromatic N) is 2. The Morgan fingerprint density at radius 3 is 2.20 bits per heavy atom. The Hall–Kier alpha value is -0.610. The Balaban J connectivity index is 1.78. The van der Waals surface area contributed by atoms with Gasteiger partial charge in [-0.15, -0.1) is 0 Å². The molecule has 0 aromatic carbocycles. The summed E-state index contributed by atoms with van der Waals surface area (Å²) in [6.45, 7) is 5.06. The highest BCUT2D eigenvalue weighted by molar-refractivity contribution is 5.78. The molecule has 0 atom stereocenters. The van der Waals surface area contributed by atoms with Gasteiger partial charge in [-0.05, 0) is 64.6 Å².